The summed E-state index contributed by atoms with van der Waals surface area (Å²) in [5, 5.41) is 53.7. The topological polar surface area (TPSA) is 206 Å². The van der Waals surface area contributed by atoms with E-state index in [4.69, 9.17) is 28.5 Å². The Morgan fingerprint density at radius 2 is 1.71 bits per heavy atom. The molecule has 15 heteroatoms. The van der Waals surface area contributed by atoms with Gasteiger partial charge in [0.1, 0.15) is 54.2 Å². The van der Waals surface area contributed by atoms with Crippen LogP contribution in [-0.4, -0.2) is 136 Å². The molecule has 51 heavy (non-hydrogen) atoms. The third-order valence-corrected chi connectivity index (χ3v) is 11.0. The largest absolute Gasteiger partial charge is 0.458 e. The molecule has 1 spiro atoms. The summed E-state index contributed by atoms with van der Waals surface area (Å²) in [6.45, 7) is -0.789. The Morgan fingerprint density at radius 1 is 0.980 bits per heavy atom. The van der Waals surface area contributed by atoms with E-state index in [0.717, 1.165) is 22.3 Å². The van der Waals surface area contributed by atoms with Crippen molar-refractivity contribution in [3.05, 3.63) is 76.9 Å². The highest BCUT2D eigenvalue weighted by atomic mass is 16.8. The monoisotopic (exact) mass is 710 g/mol. The maximum absolute atomic E-state index is 14.1. The third kappa shape index (κ3) is 5.81. The minimum absolute atomic E-state index is 0.00323. The molecular formula is C36H42N2O13. The minimum Gasteiger partial charge on any atom is -0.458 e. The van der Waals surface area contributed by atoms with Crippen LogP contribution in [0.25, 0.3) is 6.08 Å². The molecule has 4 heterocycles. The van der Waals surface area contributed by atoms with Crippen LogP contribution < -0.4 is 5.32 Å². The Hall–Kier alpha value is -3.32. The summed E-state index contributed by atoms with van der Waals surface area (Å²) >= 11 is 0. The van der Waals surface area contributed by atoms with E-state index in [2.05, 4.69) is 5.32 Å². The first-order chi connectivity index (χ1) is 24.7. The van der Waals surface area contributed by atoms with Crippen molar-refractivity contribution in [3.8, 4) is 0 Å². The van der Waals surface area contributed by atoms with Gasteiger partial charge in [0.15, 0.2) is 18.1 Å². The summed E-state index contributed by atoms with van der Waals surface area (Å²) in [5.74, 6) is -2.01. The number of carbonyl (C=O) groups is 2. The van der Waals surface area contributed by atoms with Gasteiger partial charge in [-0.2, -0.15) is 5.06 Å². The smallest absolute Gasteiger partial charge is 0.327 e. The molecule has 2 bridgehead atoms. The van der Waals surface area contributed by atoms with Crippen LogP contribution in [-0.2, 0) is 57.5 Å². The van der Waals surface area contributed by atoms with E-state index in [9.17, 15) is 35.1 Å². The summed E-state index contributed by atoms with van der Waals surface area (Å²) < 4.78 is 30.4. The highest BCUT2D eigenvalue weighted by molar-refractivity contribution is 5.93. The molecule has 5 fully saturated rings. The van der Waals surface area contributed by atoms with Crippen molar-refractivity contribution in [1.29, 1.82) is 0 Å². The lowest BCUT2D eigenvalue weighted by Crippen LogP contribution is -2.69. The van der Waals surface area contributed by atoms with E-state index < -0.39 is 90.8 Å². The number of ether oxygens (including phenoxy) is 5. The fraction of sp³-hybridized carbons (Fsp3) is 0.556. The zero-order valence-electron chi connectivity index (χ0n) is 27.7. The molecule has 6 N–H and O–H groups in total. The zero-order valence-corrected chi connectivity index (χ0v) is 27.7. The number of fused-ring (bicyclic) bond motifs is 5. The first-order valence-electron chi connectivity index (χ1n) is 17.3. The van der Waals surface area contributed by atoms with Crippen LogP contribution >= 0.6 is 0 Å². The number of carbonyl (C=O) groups excluding carboxylic acids is 2. The van der Waals surface area contributed by atoms with Gasteiger partial charge in [0, 0.05) is 25.8 Å². The number of benzene rings is 2. The Morgan fingerprint density at radius 3 is 2.45 bits per heavy atom. The van der Waals surface area contributed by atoms with Gasteiger partial charge in [-0.3, -0.25) is 14.4 Å². The number of amides is 1. The second-order valence-corrected chi connectivity index (χ2v) is 14.0. The van der Waals surface area contributed by atoms with Gasteiger partial charge in [-0.15, -0.1) is 0 Å². The summed E-state index contributed by atoms with van der Waals surface area (Å²) in [6.07, 6.45) is -5.29. The number of esters is 1. The Bertz CT molecular complexity index is 1650. The van der Waals surface area contributed by atoms with Gasteiger partial charge in [-0.25, -0.2) is 0 Å². The minimum atomic E-state index is -1.55. The highest BCUT2D eigenvalue weighted by Crippen LogP contribution is 2.58. The number of hydrogen-bond acceptors (Lipinski definition) is 14. The maximum atomic E-state index is 14.1. The van der Waals surface area contributed by atoms with Crippen molar-refractivity contribution in [2.75, 3.05) is 26.4 Å². The van der Waals surface area contributed by atoms with E-state index in [1.54, 1.807) is 12.2 Å². The Labute approximate surface area is 293 Å². The maximum Gasteiger partial charge on any atom is 0.327 e. The van der Waals surface area contributed by atoms with Crippen molar-refractivity contribution < 1.29 is 63.6 Å². The molecule has 8 rings (SSSR count). The van der Waals surface area contributed by atoms with Crippen LogP contribution in [0.5, 0.6) is 0 Å². The zero-order chi connectivity index (χ0) is 35.5. The number of nitrogens with zero attached hydrogens (tertiary/aromatic N) is 1. The molecule has 11 atom stereocenters. The van der Waals surface area contributed by atoms with Crippen molar-refractivity contribution in [1.82, 2.24) is 10.4 Å². The van der Waals surface area contributed by atoms with Crippen molar-refractivity contribution in [3.63, 3.8) is 0 Å². The van der Waals surface area contributed by atoms with Gasteiger partial charge in [0.25, 0.3) is 0 Å². The van der Waals surface area contributed by atoms with Crippen LogP contribution in [0, 0.1) is 5.41 Å². The normalized spacial score (nSPS) is 37.8. The molecule has 0 unspecified atom stereocenters. The van der Waals surface area contributed by atoms with Crippen molar-refractivity contribution in [2.45, 2.75) is 92.8 Å². The van der Waals surface area contributed by atoms with Crippen LogP contribution in [0.15, 0.2) is 54.6 Å². The van der Waals surface area contributed by atoms with Crippen LogP contribution in [0.2, 0.25) is 0 Å². The summed E-state index contributed by atoms with van der Waals surface area (Å²) in [7, 11) is 0. The molecular weight excluding hydrogens is 668 g/mol. The van der Waals surface area contributed by atoms with Crippen molar-refractivity contribution in [2.24, 2.45) is 5.41 Å². The predicted molar refractivity (Wildman–Crippen MR) is 173 cm³/mol. The fourth-order valence-corrected chi connectivity index (χ4v) is 8.63. The van der Waals surface area contributed by atoms with E-state index in [0.29, 0.717) is 12.8 Å². The molecule has 0 radical (unpaired) electrons. The molecule has 4 saturated heterocycles. The summed E-state index contributed by atoms with van der Waals surface area (Å²) in [5.41, 5.74) is 2.35. The van der Waals surface area contributed by atoms with Gasteiger partial charge in [-0.1, -0.05) is 60.7 Å². The Kier molecular flexibility index (Phi) is 9.26. The van der Waals surface area contributed by atoms with Gasteiger partial charge in [-0.05, 0) is 22.3 Å². The van der Waals surface area contributed by atoms with E-state index >= 15 is 0 Å². The second-order valence-electron chi connectivity index (χ2n) is 14.0. The average Bonchev–Trinajstić information content (AvgIpc) is 3.81. The van der Waals surface area contributed by atoms with E-state index in [1.807, 2.05) is 48.5 Å². The van der Waals surface area contributed by atoms with E-state index in [1.165, 1.54) is 5.06 Å². The average molecular weight is 711 g/mol. The number of hydrogen-bond donors (Lipinski definition) is 6. The SMILES string of the molecule is O=C1O[C@@H]2C[C@@]3(C(=O)NCCO)[C@H](ON(Cc4ccccc4C=CCO[C@H]4O[C@H](CO)[C@H](O)[C@H](O)[C@H]4O)[C@@H]13)[C@H]1OC3(Cc4ccccc4C3)O[C@H]12. The molecule has 2 aliphatic carbocycles. The van der Waals surface area contributed by atoms with Gasteiger partial charge in [0.05, 0.1) is 26.4 Å². The third-order valence-electron chi connectivity index (χ3n) is 11.0. The lowest BCUT2D eigenvalue weighted by atomic mass is 9.62. The first-order valence-corrected chi connectivity index (χ1v) is 17.3. The molecule has 4 aliphatic heterocycles. The molecule has 1 saturated carbocycles. The standard InChI is InChI=1S/C36H42N2O13/c39-12-11-37-34(45)36-16-23-28-29(50-35(49-28)14-20-7-2-3-8-21(20)15-35)31(36)51-38(30(36)32(44)47-23)17-22-9-4-1-6-19(22)10-5-13-46-33-27(43)26(42)25(41)24(18-40)48-33/h1-10,23-31,33,39-43H,11-18H2,(H,37,45)/t23-,24-,25+,26+,27-,28+,29+,30+,31-,33+,36+/m1/s1. The number of aliphatic hydroxyl groups excluding tert-OH is 5. The predicted octanol–water partition coefficient (Wildman–Crippen LogP) is -1.30. The van der Waals surface area contributed by atoms with Gasteiger partial charge in [0.2, 0.25) is 5.91 Å². The summed E-state index contributed by atoms with van der Waals surface area (Å²) in [4.78, 5) is 34.7. The second kappa shape index (κ2) is 13.6. The quantitative estimate of drug-likeness (QED) is 0.159. The first kappa shape index (κ1) is 34.7. The lowest BCUT2D eigenvalue weighted by molar-refractivity contribution is -0.298. The molecule has 0 aromatic heterocycles. The number of rotatable bonds is 10. The Balaban J connectivity index is 1.03. The molecule has 6 aliphatic rings. The molecule has 2 aromatic carbocycles. The summed E-state index contributed by atoms with van der Waals surface area (Å²) in [6, 6.07) is 14.3. The van der Waals surface area contributed by atoms with Gasteiger partial charge < -0.3 is 54.5 Å². The van der Waals surface area contributed by atoms with E-state index in [-0.39, 0.29) is 32.7 Å². The molecule has 2 aromatic rings. The number of nitrogens with one attached hydrogen (secondary N) is 1. The number of hydroxylamine groups is 2. The van der Waals surface area contributed by atoms with Crippen LogP contribution in [0.1, 0.15) is 28.7 Å². The molecule has 1 amide bonds. The van der Waals surface area contributed by atoms with Gasteiger partial charge >= 0.3 is 5.97 Å². The molecule has 15 nitrogen and oxygen atoms in total. The van der Waals surface area contributed by atoms with Crippen LogP contribution in [0.3, 0.4) is 0 Å². The lowest BCUT2D eigenvalue weighted by Gasteiger charge is -2.48. The van der Waals surface area contributed by atoms with Crippen LogP contribution in [0.4, 0.5) is 0 Å². The fourth-order valence-electron chi connectivity index (χ4n) is 8.63. The molecule has 274 valence electrons. The van der Waals surface area contributed by atoms with Crippen molar-refractivity contribution >= 4 is 18.0 Å². The number of aliphatic hydroxyl groups is 5. The highest BCUT2D eigenvalue weighted by Gasteiger charge is 2.76.